The molecule has 2 unspecified atom stereocenters. The van der Waals surface area contributed by atoms with Crippen LogP contribution in [-0.2, 0) is 34.8 Å². The van der Waals surface area contributed by atoms with E-state index in [9.17, 15) is 19.2 Å². The molecule has 0 aliphatic rings. The van der Waals surface area contributed by atoms with Crippen molar-refractivity contribution in [3.63, 3.8) is 0 Å². The first-order valence-electron chi connectivity index (χ1n) is 24.5. The third-order valence-corrected chi connectivity index (χ3v) is 21.4. The van der Waals surface area contributed by atoms with Gasteiger partial charge in [0.05, 0.1) is 0 Å². The number of hydrogen-bond acceptors (Lipinski definition) is 10. The van der Waals surface area contributed by atoms with Crippen LogP contribution in [0.3, 0.4) is 0 Å². The Kier molecular flexibility index (Phi) is 42.2. The fraction of sp³-hybridized carbons (Fsp3) is 0.917. The summed E-state index contributed by atoms with van der Waals surface area (Å²) in [4.78, 5) is 52.9. The predicted octanol–water partition coefficient (Wildman–Crippen LogP) is 14.3. The zero-order chi connectivity index (χ0) is 43.7. The van der Waals surface area contributed by atoms with E-state index in [1.165, 1.54) is 155 Å². The molecule has 59 heavy (non-hydrogen) atoms. The minimum atomic E-state index is -4.80. The Labute approximate surface area is 379 Å². The molecule has 2 atom stereocenters. The van der Waals surface area contributed by atoms with Gasteiger partial charge in [-0.05, 0) is 0 Å². The van der Waals surface area contributed by atoms with Crippen LogP contribution >= 0.6 is 25.3 Å². The summed E-state index contributed by atoms with van der Waals surface area (Å²) in [7, 11) is 2.62. The standard InChI is InChI=1S/2C20H40O2S.2C4H7O2.Sn/c2*1-2-3-4-5-6-7-8-9-10-11-12-13-14-15-16-19(17-18-23)20(21)22;2*1-3-4(5)6-2;/h2*19,23H,2-18H2,1H3,(H,21,22);2*1,3H2,2H3;/q;;;;+2/p-2. The molecule has 0 amide bonds. The fourth-order valence-electron chi connectivity index (χ4n) is 7.91. The van der Waals surface area contributed by atoms with E-state index in [-0.39, 0.29) is 33.6 Å². The minimum absolute atomic E-state index is 0.0549. The number of esters is 2. The molecule has 0 fully saturated rings. The van der Waals surface area contributed by atoms with Gasteiger partial charge in [0.25, 0.3) is 0 Å². The van der Waals surface area contributed by atoms with Crippen LogP contribution in [-0.4, -0.2) is 68.8 Å². The van der Waals surface area contributed by atoms with Gasteiger partial charge in [-0.2, -0.15) is 0 Å². The van der Waals surface area contributed by atoms with Gasteiger partial charge in [0.2, 0.25) is 0 Å². The van der Waals surface area contributed by atoms with E-state index in [0.29, 0.717) is 37.2 Å². The molecule has 0 saturated heterocycles. The van der Waals surface area contributed by atoms with Crippen molar-refractivity contribution in [2.75, 3.05) is 25.7 Å². The number of rotatable bonds is 44. The first-order valence-corrected chi connectivity index (χ1v) is 32.2. The van der Waals surface area contributed by atoms with Crippen molar-refractivity contribution in [3.05, 3.63) is 0 Å². The molecule has 348 valence electrons. The van der Waals surface area contributed by atoms with Gasteiger partial charge in [-0.25, -0.2) is 0 Å². The molecule has 11 heteroatoms. The first kappa shape index (κ1) is 58.4. The summed E-state index contributed by atoms with van der Waals surface area (Å²) in [5, 5.41) is 0. The summed E-state index contributed by atoms with van der Waals surface area (Å²) in [6.07, 6.45) is 37.7. The van der Waals surface area contributed by atoms with Gasteiger partial charge in [-0.3, -0.25) is 0 Å². The summed E-state index contributed by atoms with van der Waals surface area (Å²) in [5.41, 5.74) is 0. The van der Waals surface area contributed by atoms with Crippen molar-refractivity contribution < 1.29 is 34.8 Å². The van der Waals surface area contributed by atoms with E-state index >= 15 is 0 Å². The zero-order valence-corrected chi connectivity index (χ0v) is 43.3. The predicted molar refractivity (Wildman–Crippen MR) is 255 cm³/mol. The zero-order valence-electron chi connectivity index (χ0n) is 38.7. The normalized spacial score (nSPS) is 12.6. The Morgan fingerprint density at radius 2 is 0.661 bits per heavy atom. The molecule has 0 rings (SSSR count). The van der Waals surface area contributed by atoms with Crippen molar-refractivity contribution >= 4 is 68.3 Å². The van der Waals surface area contributed by atoms with Crippen molar-refractivity contribution in [1.82, 2.24) is 0 Å². The van der Waals surface area contributed by atoms with E-state index < -0.39 is 43.1 Å². The number of hydrogen-bond donors (Lipinski definition) is 2. The summed E-state index contributed by atoms with van der Waals surface area (Å²) in [6, 6.07) is 0. The van der Waals surface area contributed by atoms with Crippen LogP contribution in [0.5, 0.6) is 0 Å². The van der Waals surface area contributed by atoms with Crippen LogP contribution in [0.2, 0.25) is 8.87 Å². The Bertz CT molecular complexity index is 938. The summed E-state index contributed by atoms with van der Waals surface area (Å²) in [6.45, 7) is 4.52. The van der Waals surface area contributed by atoms with Gasteiger partial charge < -0.3 is 0 Å². The molecule has 0 spiro atoms. The van der Waals surface area contributed by atoms with E-state index in [0.717, 1.165) is 38.5 Å². The van der Waals surface area contributed by atoms with E-state index in [4.69, 9.17) is 15.6 Å². The van der Waals surface area contributed by atoms with Crippen molar-refractivity contribution in [2.24, 2.45) is 11.8 Å². The second kappa shape index (κ2) is 42.7. The van der Waals surface area contributed by atoms with Crippen LogP contribution in [0.1, 0.15) is 232 Å². The number of carbonyl (C=O) groups is 4. The van der Waals surface area contributed by atoms with Gasteiger partial charge in [0.15, 0.2) is 0 Å². The van der Waals surface area contributed by atoms with Crippen LogP contribution in [0, 0.1) is 11.8 Å². The average Bonchev–Trinajstić information content (AvgIpc) is 3.23. The van der Waals surface area contributed by atoms with Gasteiger partial charge in [0.1, 0.15) is 0 Å². The summed E-state index contributed by atoms with van der Waals surface area (Å²) < 4.78 is 22.9. The van der Waals surface area contributed by atoms with E-state index in [1.54, 1.807) is 0 Å². The molecule has 0 aliphatic carbocycles. The smallest absolute Gasteiger partial charge is 0.0654 e. The number of methoxy groups -OCH3 is 2. The first-order chi connectivity index (χ1) is 28.7. The summed E-state index contributed by atoms with van der Waals surface area (Å²) in [5.74, 6) is -1.48. The monoisotopic (exact) mass is 981 g/mol. The molecular formula is C48H92O8S2Sn. The molecule has 0 N–H and O–H groups in total. The van der Waals surface area contributed by atoms with Gasteiger partial charge in [-0.1, -0.05) is 90.9 Å². The Morgan fingerprint density at radius 1 is 0.407 bits per heavy atom. The third kappa shape index (κ3) is 34.5. The van der Waals surface area contributed by atoms with E-state index in [1.807, 2.05) is 0 Å². The SMILES string of the molecule is CCCCCCCCCCCCCCCCC(CCS)C(=O)[O][Sn]([CH2]CC(=O)OC)([CH2]CC(=O)OC)[O]C(=O)C(CCS)CCCCCCCCCCCCCCCC. The van der Waals surface area contributed by atoms with Gasteiger partial charge in [0, 0.05) is 0 Å². The number of ether oxygens (including phenoxy) is 2. The van der Waals surface area contributed by atoms with Crippen LogP contribution in [0.25, 0.3) is 0 Å². The molecule has 0 saturated carbocycles. The van der Waals surface area contributed by atoms with Crippen LogP contribution in [0.4, 0.5) is 0 Å². The van der Waals surface area contributed by atoms with Crippen LogP contribution < -0.4 is 0 Å². The number of carbonyl (C=O) groups excluding carboxylic acids is 4. The maximum atomic E-state index is 14.0. The average molecular weight is 980 g/mol. The Balaban J connectivity index is 5.28. The van der Waals surface area contributed by atoms with Crippen molar-refractivity contribution in [1.29, 1.82) is 0 Å². The van der Waals surface area contributed by atoms with Crippen molar-refractivity contribution in [3.8, 4) is 0 Å². The molecule has 0 heterocycles. The van der Waals surface area contributed by atoms with Crippen LogP contribution in [0.15, 0.2) is 0 Å². The Morgan fingerprint density at radius 3 is 0.898 bits per heavy atom. The maximum absolute atomic E-state index is 14.0. The minimum Gasteiger partial charge on any atom is -0.0654 e. The molecule has 0 bridgehead atoms. The molecule has 0 aromatic heterocycles. The molecule has 0 radical (unpaired) electrons. The van der Waals surface area contributed by atoms with Gasteiger partial charge >= 0.3 is 291 Å². The second-order valence-electron chi connectivity index (χ2n) is 17.1. The molecular weight excluding hydrogens is 887 g/mol. The second-order valence-corrected chi connectivity index (χ2v) is 27.2. The number of thiol groups is 2. The number of unbranched alkanes of at least 4 members (excludes halogenated alkanes) is 26. The molecule has 0 aromatic rings. The Hall–Kier alpha value is -0.621. The third-order valence-electron chi connectivity index (χ3n) is 11.9. The van der Waals surface area contributed by atoms with Crippen molar-refractivity contribution in [2.45, 2.75) is 241 Å². The topological polar surface area (TPSA) is 105 Å². The van der Waals surface area contributed by atoms with Gasteiger partial charge in [-0.15, -0.1) is 0 Å². The molecule has 0 aromatic carbocycles. The molecule has 0 aliphatic heterocycles. The fourth-order valence-corrected chi connectivity index (χ4v) is 16.9. The molecule has 8 nitrogen and oxygen atoms in total. The summed E-state index contributed by atoms with van der Waals surface area (Å²) >= 11 is 4.12. The quantitative estimate of drug-likeness (QED) is 0.0269. The van der Waals surface area contributed by atoms with E-state index in [2.05, 4.69) is 39.1 Å².